The van der Waals surface area contributed by atoms with Crippen molar-refractivity contribution in [1.29, 1.82) is 0 Å². The topological polar surface area (TPSA) is 59.6 Å². The van der Waals surface area contributed by atoms with E-state index in [1.165, 1.54) is 17.3 Å². The number of nitrogens with one attached hydrogen (secondary N) is 2. The van der Waals surface area contributed by atoms with Crippen molar-refractivity contribution in [3.8, 4) is 11.5 Å². The van der Waals surface area contributed by atoms with Gasteiger partial charge in [0.25, 0.3) is 5.91 Å². The van der Waals surface area contributed by atoms with Crippen LogP contribution in [0.2, 0.25) is 0 Å². The monoisotopic (exact) mass is 446 g/mol. The van der Waals surface area contributed by atoms with E-state index in [-0.39, 0.29) is 11.4 Å². The summed E-state index contributed by atoms with van der Waals surface area (Å²) in [6.45, 7) is 2.59. The Morgan fingerprint density at radius 1 is 1.00 bits per heavy atom. The molecule has 3 aromatic carbocycles. The minimum atomic E-state index is -0.211. The summed E-state index contributed by atoms with van der Waals surface area (Å²) in [6, 6.07) is 23.9. The maximum Gasteiger partial charge on any atom is 0.260 e. The summed E-state index contributed by atoms with van der Waals surface area (Å²) in [4.78, 5) is 13.1. The molecule has 0 aliphatic carbocycles. The third kappa shape index (κ3) is 5.45. The molecule has 1 saturated heterocycles. The molecule has 1 heterocycles. The molecule has 3 aromatic rings. The number of amides is 1. The minimum absolute atomic E-state index is 0.0963. The van der Waals surface area contributed by atoms with Crippen LogP contribution in [0, 0.1) is 0 Å². The molecule has 0 saturated carbocycles. The fourth-order valence-electron chi connectivity index (χ4n) is 3.33. The number of carbonyl (C=O) groups excluding carboxylic acids is 1. The van der Waals surface area contributed by atoms with Crippen molar-refractivity contribution in [2.75, 3.05) is 12.4 Å². The van der Waals surface area contributed by atoms with Gasteiger partial charge in [-0.1, -0.05) is 67.2 Å². The first kappa shape index (κ1) is 21.8. The molecule has 4 rings (SSSR count). The SMILES string of the molecule is CCc1ccc(N[C@@H]2NC(=O)/C(=C/c3ccc(OCc4ccccc4)c(OC)c3)S2)cc1. The van der Waals surface area contributed by atoms with E-state index in [1.54, 1.807) is 7.11 Å². The Balaban J connectivity index is 1.42. The normalized spacial score (nSPS) is 16.6. The number of anilines is 1. The Hall–Kier alpha value is -3.38. The van der Waals surface area contributed by atoms with Gasteiger partial charge in [0.05, 0.1) is 12.0 Å². The first-order valence-corrected chi connectivity index (χ1v) is 11.4. The van der Waals surface area contributed by atoms with E-state index in [4.69, 9.17) is 9.47 Å². The molecular weight excluding hydrogens is 420 g/mol. The van der Waals surface area contributed by atoms with Crippen LogP contribution in [-0.4, -0.2) is 18.5 Å². The van der Waals surface area contributed by atoms with Crippen LogP contribution in [0.15, 0.2) is 77.7 Å². The smallest absolute Gasteiger partial charge is 0.260 e. The average molecular weight is 447 g/mol. The molecule has 1 aliphatic rings. The van der Waals surface area contributed by atoms with E-state index >= 15 is 0 Å². The lowest BCUT2D eigenvalue weighted by molar-refractivity contribution is -0.116. The number of aryl methyl sites for hydroxylation is 1. The quantitative estimate of drug-likeness (QED) is 0.452. The predicted octanol–water partition coefficient (Wildman–Crippen LogP) is 5.44. The van der Waals surface area contributed by atoms with Crippen molar-refractivity contribution < 1.29 is 14.3 Å². The molecule has 164 valence electrons. The second-order valence-electron chi connectivity index (χ2n) is 7.36. The van der Waals surface area contributed by atoms with E-state index < -0.39 is 0 Å². The molecule has 2 N–H and O–H groups in total. The molecule has 0 spiro atoms. The first-order chi connectivity index (χ1) is 15.6. The van der Waals surface area contributed by atoms with Gasteiger partial charge in [-0.2, -0.15) is 0 Å². The number of methoxy groups -OCH3 is 1. The summed E-state index contributed by atoms with van der Waals surface area (Å²) in [7, 11) is 1.61. The lowest BCUT2D eigenvalue weighted by atomic mass is 10.1. The Morgan fingerprint density at radius 3 is 2.50 bits per heavy atom. The Morgan fingerprint density at radius 2 is 1.78 bits per heavy atom. The third-order valence-electron chi connectivity index (χ3n) is 5.11. The van der Waals surface area contributed by atoms with Crippen LogP contribution < -0.4 is 20.1 Å². The zero-order valence-corrected chi connectivity index (χ0v) is 18.9. The minimum Gasteiger partial charge on any atom is -0.493 e. The molecule has 1 atom stereocenters. The summed E-state index contributed by atoms with van der Waals surface area (Å²) in [5.41, 5.74) is 4.01. The Kier molecular flexibility index (Phi) is 7.02. The molecule has 0 radical (unpaired) electrons. The van der Waals surface area contributed by atoms with Gasteiger partial charge < -0.3 is 20.1 Å². The number of carbonyl (C=O) groups is 1. The summed E-state index contributed by atoms with van der Waals surface area (Å²) >= 11 is 1.46. The predicted molar refractivity (Wildman–Crippen MR) is 131 cm³/mol. The van der Waals surface area contributed by atoms with Crippen molar-refractivity contribution in [3.63, 3.8) is 0 Å². The Bertz CT molecular complexity index is 1100. The van der Waals surface area contributed by atoms with E-state index in [2.05, 4.69) is 29.7 Å². The van der Waals surface area contributed by atoms with Crippen LogP contribution in [-0.2, 0) is 17.8 Å². The first-order valence-electron chi connectivity index (χ1n) is 10.5. The van der Waals surface area contributed by atoms with Crippen molar-refractivity contribution >= 4 is 29.4 Å². The van der Waals surface area contributed by atoms with Crippen LogP contribution in [0.1, 0.15) is 23.6 Å². The zero-order valence-electron chi connectivity index (χ0n) is 18.1. The highest BCUT2D eigenvalue weighted by molar-refractivity contribution is 8.05. The molecule has 32 heavy (non-hydrogen) atoms. The van der Waals surface area contributed by atoms with Gasteiger partial charge >= 0.3 is 0 Å². The van der Waals surface area contributed by atoms with Gasteiger partial charge in [0, 0.05) is 5.69 Å². The van der Waals surface area contributed by atoms with Crippen LogP contribution >= 0.6 is 11.8 Å². The highest BCUT2D eigenvalue weighted by atomic mass is 32.2. The van der Waals surface area contributed by atoms with Crippen molar-refractivity contribution in [1.82, 2.24) is 5.32 Å². The van der Waals surface area contributed by atoms with Crippen LogP contribution in [0.4, 0.5) is 5.69 Å². The van der Waals surface area contributed by atoms with Gasteiger partial charge in [-0.25, -0.2) is 0 Å². The van der Waals surface area contributed by atoms with Gasteiger partial charge in [0.2, 0.25) is 0 Å². The summed E-state index contributed by atoms with van der Waals surface area (Å²) in [5.74, 6) is 1.20. The molecule has 0 aromatic heterocycles. The fourth-order valence-corrected chi connectivity index (χ4v) is 4.32. The molecule has 1 amide bonds. The number of hydrogen-bond acceptors (Lipinski definition) is 5. The number of hydrogen-bond donors (Lipinski definition) is 2. The zero-order chi connectivity index (χ0) is 22.3. The largest absolute Gasteiger partial charge is 0.493 e. The highest BCUT2D eigenvalue weighted by Crippen LogP contribution is 2.33. The van der Waals surface area contributed by atoms with E-state index in [0.717, 1.165) is 23.2 Å². The molecule has 1 fully saturated rings. The molecule has 5 nitrogen and oxygen atoms in total. The summed E-state index contributed by atoms with van der Waals surface area (Å²) in [6.07, 6.45) is 2.87. The van der Waals surface area contributed by atoms with Crippen molar-refractivity contribution in [2.45, 2.75) is 25.4 Å². The molecule has 0 unspecified atom stereocenters. The van der Waals surface area contributed by atoms with E-state index in [1.807, 2.05) is 66.7 Å². The van der Waals surface area contributed by atoms with Gasteiger partial charge in [-0.15, -0.1) is 0 Å². The maximum absolute atomic E-state index is 12.5. The maximum atomic E-state index is 12.5. The van der Waals surface area contributed by atoms with Crippen LogP contribution in [0.25, 0.3) is 6.08 Å². The molecule has 1 aliphatic heterocycles. The van der Waals surface area contributed by atoms with Crippen molar-refractivity contribution in [3.05, 3.63) is 94.4 Å². The molecule has 0 bridgehead atoms. The van der Waals surface area contributed by atoms with Gasteiger partial charge in [0.15, 0.2) is 17.0 Å². The number of benzene rings is 3. The second kappa shape index (κ2) is 10.3. The highest BCUT2D eigenvalue weighted by Gasteiger charge is 2.27. The lowest BCUT2D eigenvalue weighted by Crippen LogP contribution is -2.30. The summed E-state index contributed by atoms with van der Waals surface area (Å²) < 4.78 is 11.4. The number of rotatable bonds is 8. The van der Waals surface area contributed by atoms with Gasteiger partial charge in [-0.3, -0.25) is 4.79 Å². The third-order valence-corrected chi connectivity index (χ3v) is 6.14. The number of ether oxygens (including phenoxy) is 2. The van der Waals surface area contributed by atoms with Gasteiger partial charge in [-0.05, 0) is 53.5 Å². The Labute approximate surface area is 192 Å². The van der Waals surface area contributed by atoms with Crippen LogP contribution in [0.5, 0.6) is 11.5 Å². The number of thioether (sulfide) groups is 1. The average Bonchev–Trinajstić information content (AvgIpc) is 3.17. The van der Waals surface area contributed by atoms with E-state index in [9.17, 15) is 4.79 Å². The van der Waals surface area contributed by atoms with E-state index in [0.29, 0.717) is 23.0 Å². The van der Waals surface area contributed by atoms with Crippen molar-refractivity contribution in [2.24, 2.45) is 0 Å². The summed E-state index contributed by atoms with van der Waals surface area (Å²) in [5, 5.41) is 6.32. The van der Waals surface area contributed by atoms with Gasteiger partial charge in [0.1, 0.15) is 6.61 Å². The van der Waals surface area contributed by atoms with Crippen LogP contribution in [0.3, 0.4) is 0 Å². The fraction of sp³-hybridized carbons (Fsp3) is 0.192. The standard InChI is InChI=1S/C26H26N2O3S/c1-3-18-9-12-21(13-10-18)27-26-28-25(29)24(32-26)16-20-11-14-22(23(15-20)30-2)31-17-19-7-5-4-6-8-19/h4-16,26-27H,3,17H2,1-2H3,(H,28,29)/b24-16-/t26-/m1/s1. The lowest BCUT2D eigenvalue weighted by Gasteiger charge is -2.13. The molecule has 6 heteroatoms. The second-order valence-corrected chi connectivity index (χ2v) is 8.51. The molecular formula is C26H26N2O3S.